The molecule has 0 spiro atoms. The van der Waals surface area contributed by atoms with Gasteiger partial charge in [0.1, 0.15) is 5.69 Å². The van der Waals surface area contributed by atoms with Crippen LogP contribution >= 0.6 is 0 Å². The number of pyridine rings is 1. The van der Waals surface area contributed by atoms with Crippen molar-refractivity contribution in [2.75, 3.05) is 0 Å². The van der Waals surface area contributed by atoms with Crippen LogP contribution in [0.3, 0.4) is 0 Å². The number of benzene rings is 1. The number of carboxylic acid groups (broad SMARTS) is 1. The third-order valence-corrected chi connectivity index (χ3v) is 3.38. The Kier molecular flexibility index (Phi) is 4.33. The van der Waals surface area contributed by atoms with Gasteiger partial charge in [0, 0.05) is 12.4 Å². The van der Waals surface area contributed by atoms with Crippen molar-refractivity contribution in [3.63, 3.8) is 0 Å². The van der Waals surface area contributed by atoms with Crippen molar-refractivity contribution in [2.24, 2.45) is 0 Å². The molecule has 1 amide bonds. The Morgan fingerprint density at radius 3 is 2.62 bits per heavy atom. The summed E-state index contributed by atoms with van der Waals surface area (Å²) in [5, 5.41) is 12.0. The van der Waals surface area contributed by atoms with Gasteiger partial charge in [-0.2, -0.15) is 0 Å². The van der Waals surface area contributed by atoms with E-state index in [0.29, 0.717) is 17.1 Å². The second-order valence-corrected chi connectivity index (χ2v) is 4.99. The number of nitrogens with zero attached hydrogens (tertiary/aromatic N) is 3. The fraction of sp³-hybridized carbons (Fsp3) is 0.0588. The molecule has 0 saturated carbocycles. The molecule has 7 nitrogen and oxygen atoms in total. The van der Waals surface area contributed by atoms with Crippen molar-refractivity contribution in [3.8, 4) is 5.69 Å². The first kappa shape index (κ1) is 15.4. The topological polar surface area (TPSA) is 97.1 Å². The molecular weight excluding hydrogens is 308 g/mol. The number of carboxylic acids is 1. The molecule has 2 aromatic heterocycles. The Hall–Kier alpha value is -3.48. The summed E-state index contributed by atoms with van der Waals surface area (Å²) in [5.74, 6) is -1.31. The Bertz CT molecular complexity index is 874. The minimum absolute atomic E-state index is 0.180. The lowest BCUT2D eigenvalue weighted by atomic mass is 10.2. The zero-order chi connectivity index (χ0) is 16.9. The first-order valence-electron chi connectivity index (χ1n) is 7.20. The molecule has 120 valence electrons. The van der Waals surface area contributed by atoms with Crippen LogP contribution in [0.4, 0.5) is 0 Å². The number of aromatic nitrogens is 3. The lowest BCUT2D eigenvalue weighted by Crippen LogP contribution is -2.23. The molecule has 7 heteroatoms. The van der Waals surface area contributed by atoms with Crippen LogP contribution in [0, 0.1) is 0 Å². The van der Waals surface area contributed by atoms with Crippen LogP contribution < -0.4 is 5.32 Å². The molecule has 0 aliphatic rings. The van der Waals surface area contributed by atoms with Gasteiger partial charge >= 0.3 is 5.97 Å². The summed E-state index contributed by atoms with van der Waals surface area (Å²) in [5.41, 5.74) is 1.63. The van der Waals surface area contributed by atoms with E-state index in [0.717, 1.165) is 0 Å². The van der Waals surface area contributed by atoms with Crippen molar-refractivity contribution >= 4 is 11.9 Å². The van der Waals surface area contributed by atoms with E-state index in [1.807, 2.05) is 0 Å². The zero-order valence-corrected chi connectivity index (χ0v) is 12.6. The maximum Gasteiger partial charge on any atom is 0.337 e. The van der Waals surface area contributed by atoms with E-state index < -0.39 is 5.97 Å². The molecule has 2 heterocycles. The molecule has 0 bridgehead atoms. The quantitative estimate of drug-likeness (QED) is 0.747. The number of carbonyl (C=O) groups excluding carboxylic acids is 1. The summed E-state index contributed by atoms with van der Waals surface area (Å²) in [6.45, 7) is 0.220. The summed E-state index contributed by atoms with van der Waals surface area (Å²) in [7, 11) is 0. The monoisotopic (exact) mass is 322 g/mol. The number of nitrogens with one attached hydrogen (secondary N) is 1. The Morgan fingerprint density at radius 2 is 1.88 bits per heavy atom. The Balaban J connectivity index is 1.73. The van der Waals surface area contributed by atoms with E-state index in [2.05, 4.69) is 15.3 Å². The van der Waals surface area contributed by atoms with Gasteiger partial charge in [0.25, 0.3) is 5.91 Å². The van der Waals surface area contributed by atoms with Crippen molar-refractivity contribution < 1.29 is 14.7 Å². The average molecular weight is 322 g/mol. The van der Waals surface area contributed by atoms with E-state index >= 15 is 0 Å². The number of imidazole rings is 1. The lowest BCUT2D eigenvalue weighted by Gasteiger charge is -2.06. The number of amides is 1. The third-order valence-electron chi connectivity index (χ3n) is 3.38. The first-order chi connectivity index (χ1) is 11.6. The predicted molar refractivity (Wildman–Crippen MR) is 85.9 cm³/mol. The van der Waals surface area contributed by atoms with Crippen molar-refractivity contribution in [2.45, 2.75) is 6.54 Å². The molecule has 0 unspecified atom stereocenters. The smallest absolute Gasteiger partial charge is 0.337 e. The molecule has 0 fully saturated rings. The van der Waals surface area contributed by atoms with Crippen molar-refractivity contribution in [1.82, 2.24) is 19.9 Å². The fourth-order valence-electron chi connectivity index (χ4n) is 2.22. The van der Waals surface area contributed by atoms with E-state index in [1.165, 1.54) is 12.4 Å². The fourth-order valence-corrected chi connectivity index (χ4v) is 2.22. The highest BCUT2D eigenvalue weighted by molar-refractivity contribution is 5.92. The van der Waals surface area contributed by atoms with Gasteiger partial charge in [0.2, 0.25) is 0 Å². The maximum absolute atomic E-state index is 12.0. The molecule has 24 heavy (non-hydrogen) atoms. The van der Waals surface area contributed by atoms with Gasteiger partial charge in [0.05, 0.1) is 29.8 Å². The minimum atomic E-state index is -1.01. The van der Waals surface area contributed by atoms with Crippen LogP contribution in [0.5, 0.6) is 0 Å². The molecule has 3 rings (SSSR count). The summed E-state index contributed by atoms with van der Waals surface area (Å²) >= 11 is 0. The van der Waals surface area contributed by atoms with Crippen LogP contribution in [0.1, 0.15) is 26.5 Å². The highest BCUT2D eigenvalue weighted by Crippen LogP contribution is 2.15. The SMILES string of the molecule is O=C(NCc1cn(-c2ccccc2C(=O)O)cn1)c1ccccn1. The van der Waals surface area contributed by atoms with Gasteiger partial charge in [-0.05, 0) is 24.3 Å². The second kappa shape index (κ2) is 6.74. The normalized spacial score (nSPS) is 10.3. The van der Waals surface area contributed by atoms with Crippen LogP contribution in [0.25, 0.3) is 5.69 Å². The highest BCUT2D eigenvalue weighted by Gasteiger charge is 2.12. The first-order valence-corrected chi connectivity index (χ1v) is 7.20. The third kappa shape index (κ3) is 3.30. The average Bonchev–Trinajstić information content (AvgIpc) is 3.09. The molecular formula is C17H14N4O3. The van der Waals surface area contributed by atoms with Crippen molar-refractivity contribution in [1.29, 1.82) is 0 Å². The number of aromatic carboxylic acids is 1. The van der Waals surface area contributed by atoms with Gasteiger partial charge in [0.15, 0.2) is 0 Å². The molecule has 1 aromatic carbocycles. The highest BCUT2D eigenvalue weighted by atomic mass is 16.4. The van der Waals surface area contributed by atoms with E-state index in [1.54, 1.807) is 53.4 Å². The maximum atomic E-state index is 12.0. The van der Waals surface area contributed by atoms with E-state index in [4.69, 9.17) is 0 Å². The summed E-state index contributed by atoms with van der Waals surface area (Å²) in [6, 6.07) is 11.7. The molecule has 0 saturated heterocycles. The van der Waals surface area contributed by atoms with Gasteiger partial charge in [-0.1, -0.05) is 18.2 Å². The lowest BCUT2D eigenvalue weighted by molar-refractivity contribution is 0.0696. The molecule has 0 radical (unpaired) electrons. The van der Waals surface area contributed by atoms with E-state index in [-0.39, 0.29) is 18.0 Å². The summed E-state index contributed by atoms with van der Waals surface area (Å²) in [6.07, 6.45) is 4.75. The molecule has 0 atom stereocenters. The number of para-hydroxylation sites is 1. The molecule has 0 aliphatic carbocycles. The predicted octanol–water partition coefficient (Wildman–Crippen LogP) is 1.90. The summed E-state index contributed by atoms with van der Waals surface area (Å²) < 4.78 is 1.62. The number of hydrogen-bond donors (Lipinski definition) is 2. The largest absolute Gasteiger partial charge is 0.478 e. The molecule has 2 N–H and O–H groups in total. The van der Waals surface area contributed by atoms with Gasteiger partial charge < -0.3 is 15.0 Å². The van der Waals surface area contributed by atoms with Crippen LogP contribution in [0.2, 0.25) is 0 Å². The van der Waals surface area contributed by atoms with Gasteiger partial charge in [-0.3, -0.25) is 9.78 Å². The minimum Gasteiger partial charge on any atom is -0.478 e. The van der Waals surface area contributed by atoms with Crippen LogP contribution in [-0.4, -0.2) is 31.5 Å². The Morgan fingerprint density at radius 1 is 1.08 bits per heavy atom. The standard InChI is InChI=1S/C17H14N4O3/c22-16(14-6-3-4-8-18-14)19-9-12-10-21(11-20-12)15-7-2-1-5-13(15)17(23)24/h1-8,10-11H,9H2,(H,19,22)(H,23,24). The van der Waals surface area contributed by atoms with Crippen molar-refractivity contribution in [3.05, 3.63) is 78.1 Å². The zero-order valence-electron chi connectivity index (χ0n) is 12.6. The Labute approximate surface area is 137 Å². The second-order valence-electron chi connectivity index (χ2n) is 4.99. The van der Waals surface area contributed by atoms with E-state index in [9.17, 15) is 14.7 Å². The van der Waals surface area contributed by atoms with Crippen LogP contribution in [-0.2, 0) is 6.54 Å². The number of carbonyl (C=O) groups is 2. The van der Waals surface area contributed by atoms with Gasteiger partial charge in [-0.25, -0.2) is 9.78 Å². The molecule has 0 aliphatic heterocycles. The van der Waals surface area contributed by atoms with Gasteiger partial charge in [-0.15, -0.1) is 0 Å². The molecule has 3 aromatic rings. The number of rotatable bonds is 5. The van der Waals surface area contributed by atoms with Crippen LogP contribution in [0.15, 0.2) is 61.2 Å². The number of hydrogen-bond acceptors (Lipinski definition) is 4. The summed E-state index contributed by atoms with van der Waals surface area (Å²) in [4.78, 5) is 31.4.